The minimum Gasteiger partial charge on any atom is -0.352 e. The summed E-state index contributed by atoms with van der Waals surface area (Å²) in [5.74, 6) is 0.707. The van der Waals surface area contributed by atoms with Crippen LogP contribution in [0.2, 0.25) is 5.15 Å². The van der Waals surface area contributed by atoms with E-state index in [0.29, 0.717) is 11.7 Å². The van der Waals surface area contributed by atoms with E-state index in [0.717, 1.165) is 16.6 Å². The van der Waals surface area contributed by atoms with Gasteiger partial charge in [0.1, 0.15) is 11.0 Å². The van der Waals surface area contributed by atoms with Crippen LogP contribution in [0.15, 0.2) is 30.3 Å². The summed E-state index contributed by atoms with van der Waals surface area (Å²) in [6.07, 6.45) is 0. The molecule has 5 heteroatoms. The van der Waals surface area contributed by atoms with E-state index in [2.05, 4.69) is 10.3 Å². The van der Waals surface area contributed by atoms with Gasteiger partial charge in [0.05, 0.1) is 6.54 Å². The molecule has 112 valence electrons. The summed E-state index contributed by atoms with van der Waals surface area (Å²) >= 11 is 6.25. The van der Waals surface area contributed by atoms with Crippen LogP contribution in [-0.2, 0) is 4.79 Å². The van der Waals surface area contributed by atoms with Gasteiger partial charge in [-0.3, -0.25) is 4.79 Å². The molecule has 0 atom stereocenters. The van der Waals surface area contributed by atoms with Crippen LogP contribution in [0.3, 0.4) is 0 Å². The summed E-state index contributed by atoms with van der Waals surface area (Å²) in [7, 11) is 0. The van der Waals surface area contributed by atoms with Gasteiger partial charge in [-0.15, -0.1) is 0 Å². The molecule has 0 saturated carbocycles. The number of benzene rings is 1. The van der Waals surface area contributed by atoms with Crippen molar-refractivity contribution in [3.8, 4) is 0 Å². The molecule has 1 aromatic heterocycles. The largest absolute Gasteiger partial charge is 0.352 e. The molecule has 0 aliphatic heterocycles. The van der Waals surface area contributed by atoms with Crippen LogP contribution in [0.1, 0.15) is 20.8 Å². The highest BCUT2D eigenvalue weighted by Gasteiger charge is 2.13. The van der Waals surface area contributed by atoms with Gasteiger partial charge < -0.3 is 10.2 Å². The van der Waals surface area contributed by atoms with Crippen LogP contribution in [0.5, 0.6) is 0 Å². The van der Waals surface area contributed by atoms with E-state index in [1.807, 2.05) is 56.0 Å². The monoisotopic (exact) mass is 305 g/mol. The number of carbonyl (C=O) groups is 1. The van der Waals surface area contributed by atoms with Crippen LogP contribution in [0.25, 0.3) is 10.8 Å². The molecular weight excluding hydrogens is 286 g/mol. The van der Waals surface area contributed by atoms with Crippen molar-refractivity contribution in [1.82, 2.24) is 10.3 Å². The van der Waals surface area contributed by atoms with Crippen LogP contribution < -0.4 is 10.2 Å². The number of fused-ring (bicyclic) bond motifs is 1. The predicted molar refractivity (Wildman–Crippen MR) is 87.9 cm³/mol. The lowest BCUT2D eigenvalue weighted by atomic mass is 10.2. The fourth-order valence-electron chi connectivity index (χ4n) is 2.20. The zero-order valence-electron chi connectivity index (χ0n) is 12.6. The van der Waals surface area contributed by atoms with Crippen LogP contribution in [-0.4, -0.2) is 30.0 Å². The molecule has 0 saturated heterocycles. The number of nitrogens with one attached hydrogen (secondary N) is 1. The highest BCUT2D eigenvalue weighted by Crippen LogP contribution is 2.26. The van der Waals surface area contributed by atoms with Gasteiger partial charge in [0.2, 0.25) is 5.91 Å². The predicted octanol–water partition coefficient (Wildman–Crippen LogP) is 3.24. The second kappa shape index (κ2) is 6.76. The number of pyridine rings is 1. The van der Waals surface area contributed by atoms with E-state index in [1.54, 1.807) is 0 Å². The number of aromatic nitrogens is 1. The molecule has 0 fully saturated rings. The summed E-state index contributed by atoms with van der Waals surface area (Å²) in [4.78, 5) is 18.3. The minimum atomic E-state index is -0.0158. The van der Waals surface area contributed by atoms with Crippen LogP contribution in [0.4, 0.5) is 5.82 Å². The second-order valence-corrected chi connectivity index (χ2v) is 5.59. The molecule has 1 aromatic carbocycles. The molecule has 0 aliphatic carbocycles. The van der Waals surface area contributed by atoms with E-state index < -0.39 is 0 Å². The number of likely N-dealkylation sites (N-methyl/N-ethyl adjacent to an activating group) is 1. The molecule has 21 heavy (non-hydrogen) atoms. The number of halogens is 1. The molecule has 0 aliphatic rings. The zero-order valence-corrected chi connectivity index (χ0v) is 13.3. The van der Waals surface area contributed by atoms with Crippen molar-refractivity contribution in [3.63, 3.8) is 0 Å². The minimum absolute atomic E-state index is 0.0158. The standard InChI is InChI=1S/C16H20ClN3O/c1-4-20(10-15(21)18-11(2)3)14-9-12-7-5-6-8-13(12)16(17)19-14/h5-9,11H,4,10H2,1-3H3,(H,18,21). The first kappa shape index (κ1) is 15.6. The van der Waals surface area contributed by atoms with Gasteiger partial charge in [0.25, 0.3) is 0 Å². The Morgan fingerprint density at radius 1 is 1.38 bits per heavy atom. The third kappa shape index (κ3) is 3.85. The van der Waals surface area contributed by atoms with Gasteiger partial charge in [0.15, 0.2) is 0 Å². The van der Waals surface area contributed by atoms with Crippen molar-refractivity contribution < 1.29 is 4.79 Å². The Bertz CT molecular complexity index is 642. The summed E-state index contributed by atoms with van der Waals surface area (Å²) in [6, 6.07) is 9.93. The highest BCUT2D eigenvalue weighted by atomic mass is 35.5. The van der Waals surface area contributed by atoms with E-state index in [4.69, 9.17) is 11.6 Å². The molecule has 1 amide bonds. The van der Waals surface area contributed by atoms with Crippen molar-refractivity contribution in [2.45, 2.75) is 26.8 Å². The summed E-state index contributed by atoms with van der Waals surface area (Å²) < 4.78 is 0. The Labute approximate surface area is 130 Å². The average Bonchev–Trinajstić information content (AvgIpc) is 2.44. The fourth-order valence-corrected chi connectivity index (χ4v) is 2.46. The smallest absolute Gasteiger partial charge is 0.239 e. The summed E-state index contributed by atoms with van der Waals surface area (Å²) in [6.45, 7) is 6.84. The topological polar surface area (TPSA) is 45.2 Å². The molecule has 4 nitrogen and oxygen atoms in total. The first-order chi connectivity index (χ1) is 10.0. The van der Waals surface area contributed by atoms with E-state index >= 15 is 0 Å². The summed E-state index contributed by atoms with van der Waals surface area (Å²) in [5.41, 5.74) is 0. The second-order valence-electron chi connectivity index (χ2n) is 5.23. The number of carbonyl (C=O) groups excluding carboxylic acids is 1. The van der Waals surface area contributed by atoms with Crippen molar-refractivity contribution in [2.24, 2.45) is 0 Å². The maximum Gasteiger partial charge on any atom is 0.239 e. The SMILES string of the molecule is CCN(CC(=O)NC(C)C)c1cc2ccccc2c(Cl)n1. The Morgan fingerprint density at radius 3 is 2.76 bits per heavy atom. The van der Waals surface area contributed by atoms with Crippen molar-refractivity contribution in [3.05, 3.63) is 35.5 Å². The maximum absolute atomic E-state index is 11.9. The molecular formula is C16H20ClN3O. The number of hydrogen-bond acceptors (Lipinski definition) is 3. The third-order valence-electron chi connectivity index (χ3n) is 3.17. The number of amides is 1. The zero-order chi connectivity index (χ0) is 15.4. The Kier molecular flexibility index (Phi) is 5.02. The van der Waals surface area contributed by atoms with E-state index in [-0.39, 0.29) is 18.5 Å². The first-order valence-electron chi connectivity index (χ1n) is 7.11. The Balaban J connectivity index is 2.28. The first-order valence-corrected chi connectivity index (χ1v) is 7.48. The van der Waals surface area contributed by atoms with E-state index in [1.165, 1.54) is 0 Å². The number of anilines is 1. The van der Waals surface area contributed by atoms with Gasteiger partial charge in [-0.1, -0.05) is 35.9 Å². The molecule has 0 spiro atoms. The maximum atomic E-state index is 11.9. The van der Waals surface area contributed by atoms with Gasteiger partial charge in [0, 0.05) is 18.0 Å². The molecule has 2 aromatic rings. The van der Waals surface area contributed by atoms with Gasteiger partial charge in [-0.05, 0) is 32.2 Å². The normalized spacial score (nSPS) is 10.9. The Morgan fingerprint density at radius 2 is 2.10 bits per heavy atom. The van der Waals surface area contributed by atoms with Crippen molar-refractivity contribution in [1.29, 1.82) is 0 Å². The van der Waals surface area contributed by atoms with Crippen LogP contribution >= 0.6 is 11.6 Å². The lowest BCUT2D eigenvalue weighted by Gasteiger charge is -2.22. The molecule has 0 bridgehead atoms. The fraction of sp³-hybridized carbons (Fsp3) is 0.375. The lowest BCUT2D eigenvalue weighted by Crippen LogP contribution is -2.40. The highest BCUT2D eigenvalue weighted by molar-refractivity contribution is 6.34. The number of rotatable bonds is 5. The average molecular weight is 306 g/mol. The number of nitrogens with zero attached hydrogens (tertiary/aromatic N) is 2. The van der Waals surface area contributed by atoms with E-state index in [9.17, 15) is 4.79 Å². The lowest BCUT2D eigenvalue weighted by molar-refractivity contribution is -0.120. The molecule has 1 N–H and O–H groups in total. The van der Waals surface area contributed by atoms with Gasteiger partial charge in [-0.25, -0.2) is 4.98 Å². The summed E-state index contributed by atoms with van der Waals surface area (Å²) in [5, 5.41) is 5.30. The molecule has 1 heterocycles. The van der Waals surface area contributed by atoms with Gasteiger partial charge in [-0.2, -0.15) is 0 Å². The quantitative estimate of drug-likeness (QED) is 0.863. The van der Waals surface area contributed by atoms with Crippen molar-refractivity contribution in [2.75, 3.05) is 18.0 Å². The van der Waals surface area contributed by atoms with Gasteiger partial charge >= 0.3 is 0 Å². The van der Waals surface area contributed by atoms with Crippen LogP contribution in [0, 0.1) is 0 Å². The Hall–Kier alpha value is -1.81. The number of hydrogen-bond donors (Lipinski definition) is 1. The van der Waals surface area contributed by atoms with Crippen molar-refractivity contribution >= 4 is 34.1 Å². The molecule has 2 rings (SSSR count). The molecule has 0 unspecified atom stereocenters. The molecule has 0 radical (unpaired) electrons. The third-order valence-corrected chi connectivity index (χ3v) is 3.46.